The number of amides is 2. The molecule has 0 fully saturated rings. The summed E-state index contributed by atoms with van der Waals surface area (Å²) in [5.41, 5.74) is 0.650. The number of anilines is 1. The van der Waals surface area contributed by atoms with Crippen molar-refractivity contribution in [3.63, 3.8) is 0 Å². The van der Waals surface area contributed by atoms with E-state index in [-0.39, 0.29) is 40.2 Å². The van der Waals surface area contributed by atoms with E-state index in [9.17, 15) is 22.4 Å². The third kappa shape index (κ3) is 8.20. The van der Waals surface area contributed by atoms with Crippen molar-refractivity contribution < 1.29 is 27.1 Å². The molecule has 8 nitrogen and oxygen atoms in total. The van der Waals surface area contributed by atoms with E-state index < -0.39 is 34.3 Å². The number of methoxy groups -OCH3 is 1. The quantitative estimate of drug-likeness (QED) is 0.249. The number of carbonyl (C=O) groups is 2. The standard InChI is InChI=1S/C30H35ClFN3O5S/c1-4-6-18-33-30(37)26(5-2)34(20-22-12-15-24(32)16-13-22)29(36)21-35(27-19-23(31)14-17-28(27)40-3)41(38,39)25-10-8-7-9-11-25/h7-17,19,26H,4-6,18,20-21H2,1-3H3,(H,33,37)/t26-/m0/s1. The summed E-state index contributed by atoms with van der Waals surface area (Å²) in [7, 11) is -2.90. The second kappa shape index (κ2) is 14.8. The third-order valence-corrected chi connectivity index (χ3v) is 8.51. The van der Waals surface area contributed by atoms with Gasteiger partial charge in [-0.2, -0.15) is 0 Å². The number of hydrogen-bond acceptors (Lipinski definition) is 5. The summed E-state index contributed by atoms with van der Waals surface area (Å²) in [6, 6.07) is 16.9. The van der Waals surface area contributed by atoms with Crippen molar-refractivity contribution in [2.24, 2.45) is 0 Å². The van der Waals surface area contributed by atoms with Crippen molar-refractivity contribution >= 4 is 39.1 Å². The van der Waals surface area contributed by atoms with Gasteiger partial charge in [0.15, 0.2) is 0 Å². The molecule has 1 atom stereocenters. The Morgan fingerprint density at radius 2 is 1.71 bits per heavy atom. The van der Waals surface area contributed by atoms with Crippen LogP contribution in [-0.4, -0.2) is 51.4 Å². The molecule has 1 N–H and O–H groups in total. The third-order valence-electron chi connectivity index (χ3n) is 6.50. The van der Waals surface area contributed by atoms with Crippen molar-refractivity contribution in [1.29, 1.82) is 0 Å². The molecule has 3 rings (SSSR count). The normalized spacial score (nSPS) is 11.9. The molecule has 0 aromatic heterocycles. The van der Waals surface area contributed by atoms with Gasteiger partial charge in [-0.3, -0.25) is 13.9 Å². The number of hydrogen-bond donors (Lipinski definition) is 1. The average molecular weight is 604 g/mol. The van der Waals surface area contributed by atoms with E-state index in [1.807, 2.05) is 6.92 Å². The summed E-state index contributed by atoms with van der Waals surface area (Å²) in [5, 5.41) is 3.11. The highest BCUT2D eigenvalue weighted by atomic mass is 35.5. The van der Waals surface area contributed by atoms with Gasteiger partial charge in [-0.15, -0.1) is 0 Å². The summed E-state index contributed by atoms with van der Waals surface area (Å²) in [6.07, 6.45) is 1.92. The average Bonchev–Trinajstić information content (AvgIpc) is 2.97. The van der Waals surface area contributed by atoms with Crippen molar-refractivity contribution in [2.75, 3.05) is 24.5 Å². The van der Waals surface area contributed by atoms with Crippen LogP contribution in [0.4, 0.5) is 10.1 Å². The SMILES string of the molecule is CCCCNC(=O)[C@H](CC)N(Cc1ccc(F)cc1)C(=O)CN(c1cc(Cl)ccc1OC)S(=O)(=O)c1ccccc1. The van der Waals surface area contributed by atoms with Crippen LogP contribution in [-0.2, 0) is 26.2 Å². The van der Waals surface area contributed by atoms with Crippen molar-refractivity contribution in [3.8, 4) is 5.75 Å². The fraction of sp³-hybridized carbons (Fsp3) is 0.333. The summed E-state index contributed by atoms with van der Waals surface area (Å²) >= 11 is 6.25. The highest BCUT2D eigenvalue weighted by Crippen LogP contribution is 2.35. The number of nitrogens with one attached hydrogen (secondary N) is 1. The van der Waals surface area contributed by atoms with Gasteiger partial charge < -0.3 is 15.0 Å². The molecular weight excluding hydrogens is 569 g/mol. The predicted octanol–water partition coefficient (Wildman–Crippen LogP) is 5.41. The van der Waals surface area contributed by atoms with Crippen molar-refractivity contribution in [3.05, 3.63) is 89.2 Å². The minimum absolute atomic E-state index is 0.0370. The molecule has 0 bridgehead atoms. The maximum absolute atomic E-state index is 14.1. The first-order chi connectivity index (χ1) is 19.6. The first-order valence-corrected chi connectivity index (χ1v) is 15.2. The zero-order chi connectivity index (χ0) is 30.0. The first-order valence-electron chi connectivity index (χ1n) is 13.3. The second-order valence-electron chi connectivity index (χ2n) is 9.36. The second-order valence-corrected chi connectivity index (χ2v) is 11.7. The molecule has 0 unspecified atom stereocenters. The van der Waals surface area contributed by atoms with Gasteiger partial charge >= 0.3 is 0 Å². The maximum Gasteiger partial charge on any atom is 0.264 e. The molecule has 0 saturated carbocycles. The highest BCUT2D eigenvalue weighted by molar-refractivity contribution is 7.92. The Bertz CT molecular complexity index is 1420. The van der Waals surface area contributed by atoms with E-state index >= 15 is 0 Å². The predicted molar refractivity (Wildman–Crippen MR) is 158 cm³/mol. The minimum Gasteiger partial charge on any atom is -0.495 e. The van der Waals surface area contributed by atoms with E-state index in [1.54, 1.807) is 31.2 Å². The number of ether oxygens (including phenoxy) is 1. The Hall–Kier alpha value is -3.63. The Labute approximate surface area is 246 Å². The molecule has 0 heterocycles. The highest BCUT2D eigenvalue weighted by Gasteiger charge is 2.34. The van der Waals surface area contributed by atoms with E-state index in [1.165, 1.54) is 60.5 Å². The number of nitrogens with zero attached hydrogens (tertiary/aromatic N) is 2. The summed E-state index contributed by atoms with van der Waals surface area (Å²) in [4.78, 5) is 28.6. The van der Waals surface area contributed by atoms with E-state index in [2.05, 4.69) is 5.32 Å². The van der Waals surface area contributed by atoms with Crippen LogP contribution in [0.3, 0.4) is 0 Å². The number of rotatable bonds is 14. The molecule has 0 spiro atoms. The zero-order valence-corrected chi connectivity index (χ0v) is 24.9. The number of carbonyl (C=O) groups excluding carboxylic acids is 2. The number of unbranched alkanes of at least 4 members (excludes halogenated alkanes) is 1. The molecule has 0 saturated heterocycles. The van der Waals surface area contributed by atoms with Crippen LogP contribution in [0.15, 0.2) is 77.7 Å². The fourth-order valence-electron chi connectivity index (χ4n) is 4.30. The lowest BCUT2D eigenvalue weighted by Gasteiger charge is -2.33. The van der Waals surface area contributed by atoms with Gasteiger partial charge in [-0.25, -0.2) is 12.8 Å². The molecule has 220 valence electrons. The van der Waals surface area contributed by atoms with Gasteiger partial charge in [0.05, 0.1) is 17.7 Å². The molecule has 2 amide bonds. The van der Waals surface area contributed by atoms with Gasteiger partial charge in [0.2, 0.25) is 11.8 Å². The number of halogens is 2. The van der Waals surface area contributed by atoms with Gasteiger partial charge in [0.25, 0.3) is 10.0 Å². The fourth-order valence-corrected chi connectivity index (χ4v) is 5.91. The topological polar surface area (TPSA) is 96.0 Å². The van der Waals surface area contributed by atoms with E-state index in [4.69, 9.17) is 16.3 Å². The molecule has 0 aliphatic heterocycles. The van der Waals surface area contributed by atoms with Gasteiger partial charge in [-0.1, -0.05) is 62.2 Å². The Morgan fingerprint density at radius 1 is 1.02 bits per heavy atom. The van der Waals surface area contributed by atoms with Crippen molar-refractivity contribution in [2.45, 2.75) is 50.6 Å². The summed E-state index contributed by atoms with van der Waals surface area (Å²) < 4.78 is 47.9. The molecule has 11 heteroatoms. The van der Waals surface area contributed by atoms with Crippen LogP contribution in [0.1, 0.15) is 38.7 Å². The van der Waals surface area contributed by atoms with Crippen LogP contribution < -0.4 is 14.4 Å². The van der Waals surface area contributed by atoms with Crippen LogP contribution in [0.2, 0.25) is 5.02 Å². The molecule has 0 aliphatic carbocycles. The van der Waals surface area contributed by atoms with Crippen LogP contribution >= 0.6 is 11.6 Å². The largest absolute Gasteiger partial charge is 0.495 e. The van der Waals surface area contributed by atoms with Gasteiger partial charge in [0.1, 0.15) is 24.2 Å². The lowest BCUT2D eigenvalue weighted by atomic mass is 10.1. The van der Waals surface area contributed by atoms with Crippen LogP contribution in [0.25, 0.3) is 0 Å². The number of benzene rings is 3. The van der Waals surface area contributed by atoms with E-state index in [0.717, 1.165) is 17.1 Å². The van der Waals surface area contributed by atoms with E-state index in [0.29, 0.717) is 12.1 Å². The van der Waals surface area contributed by atoms with Crippen LogP contribution in [0.5, 0.6) is 5.75 Å². The minimum atomic E-state index is -4.28. The monoisotopic (exact) mass is 603 g/mol. The first kappa shape index (κ1) is 31.9. The molecule has 3 aromatic carbocycles. The lowest BCUT2D eigenvalue weighted by Crippen LogP contribution is -2.52. The Kier molecular flexibility index (Phi) is 11.5. The number of sulfonamides is 1. The maximum atomic E-state index is 14.1. The Morgan fingerprint density at radius 3 is 2.32 bits per heavy atom. The Balaban J connectivity index is 2.08. The molecule has 0 radical (unpaired) electrons. The smallest absolute Gasteiger partial charge is 0.264 e. The lowest BCUT2D eigenvalue weighted by molar-refractivity contribution is -0.140. The van der Waals surface area contributed by atoms with Gasteiger partial charge in [0, 0.05) is 18.1 Å². The van der Waals surface area contributed by atoms with Gasteiger partial charge in [-0.05, 0) is 60.9 Å². The zero-order valence-electron chi connectivity index (χ0n) is 23.3. The van der Waals surface area contributed by atoms with Crippen LogP contribution in [0, 0.1) is 5.82 Å². The molecule has 0 aliphatic rings. The van der Waals surface area contributed by atoms with Crippen molar-refractivity contribution in [1.82, 2.24) is 10.2 Å². The summed E-state index contributed by atoms with van der Waals surface area (Å²) in [5.74, 6) is -1.23. The molecular formula is C30H35ClFN3O5S. The molecule has 3 aromatic rings. The molecule has 41 heavy (non-hydrogen) atoms. The summed E-state index contributed by atoms with van der Waals surface area (Å²) in [6.45, 7) is 3.53.